The Bertz CT molecular complexity index is 549. The summed E-state index contributed by atoms with van der Waals surface area (Å²) < 4.78 is 4.91. The van der Waals surface area contributed by atoms with E-state index in [0.717, 1.165) is 0 Å². The minimum atomic E-state index is -0.517. The molecule has 0 amide bonds. The van der Waals surface area contributed by atoms with Crippen molar-refractivity contribution in [3.05, 3.63) is 47.6 Å². The van der Waals surface area contributed by atoms with Crippen molar-refractivity contribution in [1.29, 1.82) is 0 Å². The van der Waals surface area contributed by atoms with Crippen LogP contribution in [0.5, 0.6) is 0 Å². The Labute approximate surface area is 104 Å². The van der Waals surface area contributed by atoms with Crippen LogP contribution in [-0.4, -0.2) is 28.5 Å². The van der Waals surface area contributed by atoms with Crippen molar-refractivity contribution in [2.24, 2.45) is 0 Å². The number of aromatic amines is 1. The minimum Gasteiger partial charge on any atom is -0.462 e. The van der Waals surface area contributed by atoms with Gasteiger partial charge in [-0.2, -0.15) is 0 Å². The molecule has 0 fully saturated rings. The van der Waals surface area contributed by atoms with Gasteiger partial charge in [0.05, 0.1) is 23.7 Å². The van der Waals surface area contributed by atoms with Crippen LogP contribution in [0.3, 0.4) is 0 Å². The van der Waals surface area contributed by atoms with Crippen LogP contribution in [0.1, 0.15) is 18.7 Å². The molecule has 0 aromatic carbocycles. The van der Waals surface area contributed by atoms with Crippen LogP contribution in [0, 0.1) is 0 Å². The van der Waals surface area contributed by atoms with Gasteiger partial charge < -0.3 is 9.72 Å². The second-order valence-corrected chi connectivity index (χ2v) is 3.65. The van der Waals surface area contributed by atoms with Crippen LogP contribution in [0.2, 0.25) is 0 Å². The molecule has 1 aliphatic carbocycles. The Kier molecular flexibility index (Phi) is 3.55. The average Bonchev–Trinajstić information content (AvgIpc) is 2.91. The van der Waals surface area contributed by atoms with Gasteiger partial charge >= 0.3 is 5.97 Å². The van der Waals surface area contributed by atoms with E-state index in [0.29, 0.717) is 5.82 Å². The molecule has 0 bridgehead atoms. The van der Waals surface area contributed by atoms with Crippen LogP contribution < -0.4 is 0 Å². The molecule has 1 atom stereocenters. The number of rotatable bonds is 3. The van der Waals surface area contributed by atoms with Crippen molar-refractivity contribution < 1.29 is 14.3 Å². The zero-order valence-corrected chi connectivity index (χ0v) is 9.84. The zero-order valence-electron chi connectivity index (χ0n) is 9.84. The van der Waals surface area contributed by atoms with E-state index in [1.165, 1.54) is 0 Å². The summed E-state index contributed by atoms with van der Waals surface area (Å²) in [6, 6.07) is 0. The third-order valence-corrected chi connectivity index (χ3v) is 2.59. The first-order valence-corrected chi connectivity index (χ1v) is 5.58. The summed E-state index contributed by atoms with van der Waals surface area (Å²) in [7, 11) is 0. The van der Waals surface area contributed by atoms with Gasteiger partial charge in [0.25, 0.3) is 0 Å². The second kappa shape index (κ2) is 5.29. The Morgan fingerprint density at radius 2 is 2.44 bits per heavy atom. The summed E-state index contributed by atoms with van der Waals surface area (Å²) in [4.78, 5) is 29.8. The predicted molar refractivity (Wildman–Crippen MR) is 64.4 cm³/mol. The molecule has 2 rings (SSSR count). The normalized spacial score (nSPS) is 18.2. The van der Waals surface area contributed by atoms with Gasteiger partial charge in [-0.05, 0) is 13.0 Å². The molecule has 1 N–H and O–H groups in total. The number of esters is 1. The largest absolute Gasteiger partial charge is 0.462 e. The maximum Gasteiger partial charge on any atom is 0.339 e. The number of hydrogen-bond acceptors (Lipinski definition) is 4. The van der Waals surface area contributed by atoms with Crippen molar-refractivity contribution in [3.8, 4) is 0 Å². The summed E-state index contributed by atoms with van der Waals surface area (Å²) in [5.41, 5.74) is 0.474. The lowest BCUT2D eigenvalue weighted by Crippen LogP contribution is -2.16. The third kappa shape index (κ3) is 2.17. The maximum absolute atomic E-state index is 11.7. The highest BCUT2D eigenvalue weighted by molar-refractivity contribution is 5.98. The average molecular weight is 244 g/mol. The first kappa shape index (κ1) is 12.1. The zero-order chi connectivity index (χ0) is 13.0. The van der Waals surface area contributed by atoms with Gasteiger partial charge in [-0.3, -0.25) is 0 Å². The molecular formula is C13H12N2O3. The molecule has 1 aromatic rings. The molecule has 1 heterocycles. The second-order valence-electron chi connectivity index (χ2n) is 3.65. The molecule has 18 heavy (non-hydrogen) atoms. The monoisotopic (exact) mass is 244 g/mol. The Morgan fingerprint density at radius 3 is 3.06 bits per heavy atom. The van der Waals surface area contributed by atoms with Crippen molar-refractivity contribution in [1.82, 2.24) is 9.97 Å². The summed E-state index contributed by atoms with van der Waals surface area (Å²) in [5, 5.41) is 0. The molecule has 1 unspecified atom stereocenters. The number of imidazole rings is 1. The number of H-pyrrole nitrogens is 1. The molecule has 0 spiro atoms. The van der Waals surface area contributed by atoms with Crippen LogP contribution in [0.25, 0.3) is 0 Å². The van der Waals surface area contributed by atoms with Crippen molar-refractivity contribution >= 4 is 11.9 Å². The van der Waals surface area contributed by atoms with E-state index in [1.807, 2.05) is 5.94 Å². The van der Waals surface area contributed by atoms with Gasteiger partial charge in [-0.1, -0.05) is 12.2 Å². The third-order valence-electron chi connectivity index (χ3n) is 2.59. The number of carbonyl (C=O) groups excluding carboxylic acids is 2. The lowest BCUT2D eigenvalue weighted by atomic mass is 9.88. The molecule has 0 saturated heterocycles. The summed E-state index contributed by atoms with van der Waals surface area (Å²) >= 11 is 0. The van der Waals surface area contributed by atoms with E-state index in [-0.39, 0.29) is 23.7 Å². The molecule has 5 heteroatoms. The van der Waals surface area contributed by atoms with Crippen LogP contribution in [0.15, 0.2) is 41.8 Å². The van der Waals surface area contributed by atoms with Gasteiger partial charge in [0, 0.05) is 12.4 Å². The number of aromatic nitrogens is 2. The van der Waals surface area contributed by atoms with E-state index in [1.54, 1.807) is 37.5 Å². The molecule has 1 aromatic heterocycles. The Morgan fingerprint density at radius 1 is 1.61 bits per heavy atom. The summed E-state index contributed by atoms with van der Waals surface area (Å²) in [6.45, 7) is 1.98. The Balaban J connectivity index is 2.34. The number of ether oxygens (including phenoxy) is 1. The van der Waals surface area contributed by atoms with E-state index < -0.39 is 5.97 Å². The van der Waals surface area contributed by atoms with Gasteiger partial charge in [-0.25, -0.2) is 14.6 Å². The molecule has 0 radical (unpaired) electrons. The van der Waals surface area contributed by atoms with Crippen molar-refractivity contribution in [2.75, 3.05) is 6.61 Å². The fourth-order valence-electron chi connectivity index (χ4n) is 1.80. The number of nitrogens with one attached hydrogen (secondary N) is 1. The van der Waals surface area contributed by atoms with Crippen LogP contribution >= 0.6 is 0 Å². The van der Waals surface area contributed by atoms with Gasteiger partial charge in [0.1, 0.15) is 11.8 Å². The molecular weight excluding hydrogens is 232 g/mol. The molecule has 1 aliphatic rings. The number of allylic oxidation sites excluding steroid dienone is 3. The maximum atomic E-state index is 11.7. The van der Waals surface area contributed by atoms with E-state index >= 15 is 0 Å². The van der Waals surface area contributed by atoms with Crippen LogP contribution in [0.4, 0.5) is 0 Å². The molecule has 0 saturated carbocycles. The topological polar surface area (TPSA) is 72.0 Å². The fourth-order valence-corrected chi connectivity index (χ4v) is 1.80. The smallest absolute Gasteiger partial charge is 0.339 e. The molecule has 0 aliphatic heterocycles. The minimum absolute atomic E-state index is 0.232. The lowest BCUT2D eigenvalue weighted by molar-refractivity contribution is -0.138. The lowest BCUT2D eigenvalue weighted by Gasteiger charge is -2.16. The summed E-state index contributed by atoms with van der Waals surface area (Å²) in [6.07, 6.45) is 8.29. The van der Waals surface area contributed by atoms with Crippen LogP contribution in [-0.2, 0) is 14.3 Å². The first-order chi connectivity index (χ1) is 8.77. The van der Waals surface area contributed by atoms with E-state index in [4.69, 9.17) is 4.74 Å². The summed E-state index contributed by atoms with van der Waals surface area (Å²) in [5.74, 6) is 1.51. The van der Waals surface area contributed by atoms with Crippen molar-refractivity contribution in [3.63, 3.8) is 0 Å². The number of hydrogen-bond donors (Lipinski definition) is 1. The van der Waals surface area contributed by atoms with Gasteiger partial charge in [-0.15, -0.1) is 0 Å². The Hall–Kier alpha value is -2.39. The van der Waals surface area contributed by atoms with Crippen molar-refractivity contribution in [2.45, 2.75) is 12.8 Å². The standard InChI is InChI=1S/C13H12N2O3/c1-2-18-13(17)10-5-3-4-9(11(10)8-16)12-14-6-7-15-12/h3-7,9H,2H2,1H3,(H,14,15). The highest BCUT2D eigenvalue weighted by atomic mass is 16.5. The number of carbonyl (C=O) groups is 1. The van der Waals surface area contributed by atoms with E-state index in [2.05, 4.69) is 9.97 Å². The fraction of sp³-hybridized carbons (Fsp3) is 0.231. The van der Waals surface area contributed by atoms with Gasteiger partial charge in [0.15, 0.2) is 0 Å². The predicted octanol–water partition coefficient (Wildman–Crippen LogP) is 1.31. The van der Waals surface area contributed by atoms with E-state index in [9.17, 15) is 9.59 Å². The number of nitrogens with zero attached hydrogens (tertiary/aromatic N) is 1. The highest BCUT2D eigenvalue weighted by Crippen LogP contribution is 2.30. The first-order valence-electron chi connectivity index (χ1n) is 5.58. The SMILES string of the molecule is CCOC(=O)C1=CC=CC(c2ncc[nH]2)C1=C=O. The molecule has 92 valence electrons. The molecule has 5 nitrogen and oxygen atoms in total. The van der Waals surface area contributed by atoms with Gasteiger partial charge in [0.2, 0.25) is 0 Å². The quantitative estimate of drug-likeness (QED) is 0.642. The highest BCUT2D eigenvalue weighted by Gasteiger charge is 2.27.